The molecule has 1 unspecified atom stereocenters. The predicted octanol–water partition coefficient (Wildman–Crippen LogP) is 2.54. The van der Waals surface area contributed by atoms with Gasteiger partial charge in [0.05, 0.1) is 0 Å². The van der Waals surface area contributed by atoms with Crippen molar-refractivity contribution in [1.82, 2.24) is 10.2 Å². The second kappa shape index (κ2) is 5.55. The average molecular weight is 266 g/mol. The highest BCUT2D eigenvalue weighted by Crippen LogP contribution is 2.31. The molecule has 1 aliphatic heterocycles. The Labute approximate surface area is 112 Å². The number of likely N-dealkylation sites (tertiary alicyclic amines) is 1. The molecule has 0 aromatic heterocycles. The Balaban J connectivity index is 1.45. The zero-order valence-corrected chi connectivity index (χ0v) is 11.0. The van der Waals surface area contributed by atoms with Gasteiger partial charge in [0.1, 0.15) is 11.6 Å². The van der Waals surface area contributed by atoms with E-state index in [0.29, 0.717) is 5.92 Å². The molecule has 1 atom stereocenters. The van der Waals surface area contributed by atoms with E-state index in [0.717, 1.165) is 19.1 Å². The molecule has 4 heteroatoms. The summed E-state index contributed by atoms with van der Waals surface area (Å²) >= 11 is 0. The molecule has 1 saturated heterocycles. The summed E-state index contributed by atoms with van der Waals surface area (Å²) in [6.45, 7) is 3.44. The van der Waals surface area contributed by atoms with E-state index in [1.807, 2.05) is 0 Å². The Bertz CT molecular complexity index is 426. The van der Waals surface area contributed by atoms with Crippen LogP contribution in [0.2, 0.25) is 0 Å². The maximum absolute atomic E-state index is 13.4. The first-order valence-electron chi connectivity index (χ1n) is 7.11. The molecule has 1 saturated carbocycles. The van der Waals surface area contributed by atoms with E-state index in [2.05, 4.69) is 10.2 Å². The van der Waals surface area contributed by atoms with Gasteiger partial charge in [-0.25, -0.2) is 8.78 Å². The highest BCUT2D eigenvalue weighted by molar-refractivity contribution is 5.19. The Morgan fingerprint density at radius 1 is 1.16 bits per heavy atom. The van der Waals surface area contributed by atoms with Crippen LogP contribution < -0.4 is 5.32 Å². The molecule has 1 aromatic carbocycles. The number of hydrogen-bond acceptors (Lipinski definition) is 2. The Kier molecular flexibility index (Phi) is 3.80. The van der Waals surface area contributed by atoms with Crippen molar-refractivity contribution in [2.24, 2.45) is 5.92 Å². The van der Waals surface area contributed by atoms with E-state index < -0.39 is 11.6 Å². The minimum atomic E-state index is -0.460. The molecule has 2 nitrogen and oxygen atoms in total. The molecule has 0 radical (unpaired) electrons. The van der Waals surface area contributed by atoms with Crippen molar-refractivity contribution in [2.75, 3.05) is 19.6 Å². The van der Waals surface area contributed by atoms with Crippen LogP contribution in [0.25, 0.3) is 0 Å². The highest BCUT2D eigenvalue weighted by Gasteiger charge is 2.34. The maximum Gasteiger partial charge on any atom is 0.130 e. The molecular formula is C15H20F2N2. The van der Waals surface area contributed by atoms with Gasteiger partial charge in [-0.1, -0.05) is 6.07 Å². The van der Waals surface area contributed by atoms with Crippen molar-refractivity contribution in [3.63, 3.8) is 0 Å². The van der Waals surface area contributed by atoms with Gasteiger partial charge in [0, 0.05) is 24.7 Å². The first-order valence-corrected chi connectivity index (χ1v) is 7.11. The van der Waals surface area contributed by atoms with Crippen LogP contribution in [0, 0.1) is 17.6 Å². The van der Waals surface area contributed by atoms with Gasteiger partial charge < -0.3 is 10.2 Å². The Morgan fingerprint density at radius 2 is 1.89 bits per heavy atom. The van der Waals surface area contributed by atoms with Gasteiger partial charge in [0.15, 0.2) is 0 Å². The fourth-order valence-electron chi connectivity index (χ4n) is 2.90. The van der Waals surface area contributed by atoms with Crippen LogP contribution in [-0.4, -0.2) is 30.6 Å². The summed E-state index contributed by atoms with van der Waals surface area (Å²) < 4.78 is 26.9. The fraction of sp³-hybridized carbons (Fsp3) is 0.600. The van der Waals surface area contributed by atoms with Gasteiger partial charge in [0.25, 0.3) is 0 Å². The molecule has 2 fully saturated rings. The van der Waals surface area contributed by atoms with Crippen LogP contribution in [0.3, 0.4) is 0 Å². The summed E-state index contributed by atoms with van der Waals surface area (Å²) in [4.78, 5) is 2.55. The fourth-order valence-corrected chi connectivity index (χ4v) is 2.90. The van der Waals surface area contributed by atoms with Crippen molar-refractivity contribution in [3.05, 3.63) is 35.4 Å². The summed E-state index contributed by atoms with van der Waals surface area (Å²) in [6, 6.07) is 4.85. The molecule has 1 aromatic rings. The molecule has 0 amide bonds. The average Bonchev–Trinajstić information content (AvgIpc) is 3.13. The number of hydrogen-bond donors (Lipinski definition) is 1. The summed E-state index contributed by atoms with van der Waals surface area (Å²) in [5.74, 6) is -0.299. The van der Waals surface area contributed by atoms with E-state index in [1.54, 1.807) is 0 Å². The normalized spacial score (nSPS) is 24.0. The third-order valence-corrected chi connectivity index (χ3v) is 4.18. The maximum atomic E-state index is 13.4. The summed E-state index contributed by atoms with van der Waals surface area (Å²) in [6.07, 6.45) is 3.89. The molecule has 0 spiro atoms. The van der Waals surface area contributed by atoms with Crippen LogP contribution >= 0.6 is 0 Å². The quantitative estimate of drug-likeness (QED) is 0.881. The standard InChI is InChI=1S/C15H20F2N2/c16-14-2-1-3-15(17)13(14)9-18-8-11-6-7-19(10-11)12-4-5-12/h1-3,11-12,18H,4-10H2. The smallest absolute Gasteiger partial charge is 0.130 e. The molecule has 2 aliphatic rings. The number of halogens is 2. The molecule has 3 rings (SSSR count). The molecule has 104 valence electrons. The van der Waals surface area contributed by atoms with Crippen LogP contribution in [0.15, 0.2) is 18.2 Å². The van der Waals surface area contributed by atoms with Crippen LogP contribution in [-0.2, 0) is 6.54 Å². The lowest BCUT2D eigenvalue weighted by atomic mass is 10.1. The summed E-state index contributed by atoms with van der Waals surface area (Å²) in [7, 11) is 0. The van der Waals surface area contributed by atoms with Crippen LogP contribution in [0.1, 0.15) is 24.8 Å². The summed E-state index contributed by atoms with van der Waals surface area (Å²) in [5.41, 5.74) is 0.152. The number of nitrogens with one attached hydrogen (secondary N) is 1. The van der Waals surface area contributed by atoms with E-state index >= 15 is 0 Å². The van der Waals surface area contributed by atoms with Crippen molar-refractivity contribution >= 4 is 0 Å². The number of rotatable bonds is 5. The van der Waals surface area contributed by atoms with E-state index in [4.69, 9.17) is 0 Å². The minimum Gasteiger partial charge on any atom is -0.312 e. The Morgan fingerprint density at radius 3 is 2.58 bits per heavy atom. The van der Waals surface area contributed by atoms with E-state index in [-0.39, 0.29) is 12.1 Å². The van der Waals surface area contributed by atoms with Crippen molar-refractivity contribution in [1.29, 1.82) is 0 Å². The van der Waals surface area contributed by atoms with Gasteiger partial charge in [0.2, 0.25) is 0 Å². The minimum absolute atomic E-state index is 0.152. The number of benzene rings is 1. The predicted molar refractivity (Wildman–Crippen MR) is 70.8 cm³/mol. The molecule has 1 heterocycles. The van der Waals surface area contributed by atoms with Crippen molar-refractivity contribution in [3.8, 4) is 0 Å². The molecular weight excluding hydrogens is 246 g/mol. The molecule has 0 bridgehead atoms. The first-order chi connectivity index (χ1) is 9.24. The first kappa shape index (κ1) is 13.0. The van der Waals surface area contributed by atoms with Gasteiger partial charge in [-0.2, -0.15) is 0 Å². The van der Waals surface area contributed by atoms with Crippen molar-refractivity contribution in [2.45, 2.75) is 31.8 Å². The second-order valence-corrected chi connectivity index (χ2v) is 5.71. The second-order valence-electron chi connectivity index (χ2n) is 5.71. The van der Waals surface area contributed by atoms with Crippen LogP contribution in [0.4, 0.5) is 8.78 Å². The zero-order valence-electron chi connectivity index (χ0n) is 11.0. The van der Waals surface area contributed by atoms with Crippen molar-refractivity contribution < 1.29 is 8.78 Å². The van der Waals surface area contributed by atoms with Gasteiger partial charge in [-0.05, 0) is 50.4 Å². The summed E-state index contributed by atoms with van der Waals surface area (Å²) in [5, 5.41) is 3.20. The lowest BCUT2D eigenvalue weighted by Crippen LogP contribution is -2.27. The topological polar surface area (TPSA) is 15.3 Å². The Hall–Kier alpha value is -1.00. The monoisotopic (exact) mass is 266 g/mol. The lowest BCUT2D eigenvalue weighted by molar-refractivity contribution is 0.311. The largest absolute Gasteiger partial charge is 0.312 e. The lowest BCUT2D eigenvalue weighted by Gasteiger charge is -2.15. The molecule has 1 N–H and O–H groups in total. The zero-order chi connectivity index (χ0) is 13.2. The highest BCUT2D eigenvalue weighted by atomic mass is 19.1. The third kappa shape index (κ3) is 3.12. The van der Waals surface area contributed by atoms with Gasteiger partial charge in [-0.15, -0.1) is 0 Å². The number of nitrogens with zero attached hydrogens (tertiary/aromatic N) is 1. The molecule has 19 heavy (non-hydrogen) atoms. The third-order valence-electron chi connectivity index (χ3n) is 4.18. The van der Waals surface area contributed by atoms with E-state index in [1.165, 1.54) is 44.0 Å². The van der Waals surface area contributed by atoms with Gasteiger partial charge in [-0.3, -0.25) is 0 Å². The van der Waals surface area contributed by atoms with E-state index in [9.17, 15) is 8.78 Å². The molecule has 1 aliphatic carbocycles. The van der Waals surface area contributed by atoms with Crippen LogP contribution in [0.5, 0.6) is 0 Å². The SMILES string of the molecule is Fc1cccc(F)c1CNCC1CCN(C2CC2)C1. The van der Waals surface area contributed by atoms with Gasteiger partial charge >= 0.3 is 0 Å².